The van der Waals surface area contributed by atoms with Crippen molar-refractivity contribution in [1.82, 2.24) is 4.90 Å². The zero-order chi connectivity index (χ0) is 25.8. The summed E-state index contributed by atoms with van der Waals surface area (Å²) in [7, 11) is 0. The van der Waals surface area contributed by atoms with Gasteiger partial charge in [-0.2, -0.15) is 0 Å². The number of aliphatic hydroxyl groups excluding tert-OH is 2. The number of carbonyl (C=O) groups is 4. The first-order chi connectivity index (χ1) is 15.8. The fourth-order valence-electron chi connectivity index (χ4n) is 4.38. The maximum atomic E-state index is 12.6. The Morgan fingerprint density at radius 2 is 1.68 bits per heavy atom. The average molecular weight is 488 g/mol. The molecule has 3 fully saturated rings. The van der Waals surface area contributed by atoms with Crippen LogP contribution in [0.1, 0.15) is 40.0 Å². The van der Waals surface area contributed by atoms with Crippen LogP contribution in [0.2, 0.25) is 0 Å². The summed E-state index contributed by atoms with van der Waals surface area (Å²) < 4.78 is 11.3. The molecule has 7 atom stereocenters. The molecule has 0 radical (unpaired) electrons. The van der Waals surface area contributed by atoms with Crippen LogP contribution >= 0.6 is 0 Å². The number of nitrogens with zero attached hydrogens (tertiary/aromatic N) is 1. The van der Waals surface area contributed by atoms with Crippen LogP contribution in [-0.4, -0.2) is 104 Å². The Morgan fingerprint density at radius 3 is 2.21 bits per heavy atom. The van der Waals surface area contributed by atoms with Crippen molar-refractivity contribution in [3.8, 4) is 0 Å². The van der Waals surface area contributed by atoms with E-state index in [1.807, 2.05) is 0 Å². The molecule has 12 nitrogen and oxygen atoms in total. The van der Waals surface area contributed by atoms with Gasteiger partial charge in [-0.1, -0.05) is 13.0 Å². The van der Waals surface area contributed by atoms with Gasteiger partial charge < -0.3 is 35.0 Å². The molecule has 192 valence electrons. The van der Waals surface area contributed by atoms with Crippen molar-refractivity contribution in [2.45, 2.75) is 70.0 Å². The Bertz CT molecular complexity index is 806. The van der Waals surface area contributed by atoms with Crippen molar-refractivity contribution in [2.75, 3.05) is 19.7 Å². The van der Waals surface area contributed by atoms with Gasteiger partial charge in [0, 0.05) is 18.0 Å². The highest BCUT2D eigenvalue weighted by Crippen LogP contribution is 2.36. The molecule has 0 bridgehead atoms. The number of ether oxygens (including phenoxy) is 2. The summed E-state index contributed by atoms with van der Waals surface area (Å²) in [6.07, 6.45) is -0.943. The van der Waals surface area contributed by atoms with Crippen LogP contribution in [0.15, 0.2) is 11.6 Å². The van der Waals surface area contributed by atoms with E-state index >= 15 is 0 Å². The Morgan fingerprint density at radius 1 is 1.12 bits per heavy atom. The molecule has 0 amide bonds. The predicted octanol–water partition coefficient (Wildman–Crippen LogP) is -0.850. The number of hydrogen-bond donors (Lipinski definition) is 5. The molecule has 0 aromatic carbocycles. The lowest BCUT2D eigenvalue weighted by molar-refractivity contribution is -0.172. The Hall–Kier alpha value is -2.54. The third kappa shape index (κ3) is 6.12. The number of rotatable bonds is 3. The number of cyclic esters (lactones) is 1. The van der Waals surface area contributed by atoms with Gasteiger partial charge in [0.05, 0.1) is 12.6 Å². The largest absolute Gasteiger partial charge is 0.479 e. The lowest BCUT2D eigenvalue weighted by Gasteiger charge is -2.32. The number of allylic oxidation sites excluding steroid dienone is 1. The number of aliphatic hydroxyl groups is 3. The van der Waals surface area contributed by atoms with E-state index in [1.165, 1.54) is 6.92 Å². The van der Waals surface area contributed by atoms with E-state index in [4.69, 9.17) is 29.9 Å². The van der Waals surface area contributed by atoms with Crippen LogP contribution in [-0.2, 0) is 28.7 Å². The number of carboxylic acid groups (broad SMARTS) is 2. The minimum absolute atomic E-state index is 0.113. The van der Waals surface area contributed by atoms with E-state index in [2.05, 4.69) is 4.90 Å². The highest BCUT2D eigenvalue weighted by Gasteiger charge is 2.48. The van der Waals surface area contributed by atoms with E-state index in [0.29, 0.717) is 5.57 Å². The topological polar surface area (TPSA) is 191 Å². The van der Waals surface area contributed by atoms with E-state index in [0.717, 1.165) is 25.9 Å². The van der Waals surface area contributed by atoms with Crippen molar-refractivity contribution >= 4 is 23.9 Å². The second-order valence-corrected chi connectivity index (χ2v) is 9.04. The molecule has 0 aromatic heterocycles. The number of carboxylic acids is 2. The number of aliphatic carboxylic acids is 2. The average Bonchev–Trinajstić information content (AvgIpc) is 3.36. The minimum atomic E-state index is -2.27. The molecular weight excluding hydrogens is 454 g/mol. The molecule has 0 aromatic rings. The fourth-order valence-corrected chi connectivity index (χ4v) is 4.38. The molecule has 0 saturated carbocycles. The van der Waals surface area contributed by atoms with Gasteiger partial charge in [0.2, 0.25) is 0 Å². The highest BCUT2D eigenvalue weighted by atomic mass is 16.6. The van der Waals surface area contributed by atoms with Crippen molar-refractivity contribution in [3.05, 3.63) is 11.6 Å². The van der Waals surface area contributed by atoms with Crippen LogP contribution in [0.25, 0.3) is 0 Å². The quantitative estimate of drug-likeness (QED) is 0.245. The van der Waals surface area contributed by atoms with Gasteiger partial charge in [-0.25, -0.2) is 19.2 Å². The Labute approximate surface area is 196 Å². The van der Waals surface area contributed by atoms with Crippen LogP contribution in [0.4, 0.5) is 0 Å². The van der Waals surface area contributed by atoms with Crippen molar-refractivity contribution in [1.29, 1.82) is 0 Å². The number of esters is 2. The molecular formula is C22H33NO11. The molecule has 0 aliphatic carbocycles. The molecule has 7 unspecified atom stereocenters. The maximum absolute atomic E-state index is 12.6. The lowest BCUT2D eigenvalue weighted by atomic mass is 9.85. The molecule has 5 N–H and O–H groups in total. The van der Waals surface area contributed by atoms with Crippen molar-refractivity contribution in [3.63, 3.8) is 0 Å². The predicted molar refractivity (Wildman–Crippen MR) is 114 cm³/mol. The Balaban J connectivity index is 0.000000347. The zero-order valence-corrected chi connectivity index (χ0v) is 19.4. The molecule has 3 aliphatic rings. The highest BCUT2D eigenvalue weighted by molar-refractivity contribution is 5.89. The summed E-state index contributed by atoms with van der Waals surface area (Å²) in [5.74, 6) is -4.76. The number of hydrogen-bond acceptors (Lipinski definition) is 10. The van der Waals surface area contributed by atoms with Gasteiger partial charge in [0.1, 0.15) is 6.10 Å². The molecule has 3 heterocycles. The van der Waals surface area contributed by atoms with Gasteiger partial charge >= 0.3 is 23.9 Å². The summed E-state index contributed by atoms with van der Waals surface area (Å²) in [5, 5.41) is 43.1. The lowest BCUT2D eigenvalue weighted by Crippen LogP contribution is -2.46. The first kappa shape index (κ1) is 27.7. The van der Waals surface area contributed by atoms with Crippen molar-refractivity contribution < 1.29 is 54.2 Å². The second kappa shape index (κ2) is 11.3. The maximum Gasteiger partial charge on any atom is 0.338 e. The minimum Gasteiger partial charge on any atom is -0.479 e. The fraction of sp³-hybridized carbons (Fsp3) is 0.727. The van der Waals surface area contributed by atoms with Crippen LogP contribution in [0, 0.1) is 11.8 Å². The summed E-state index contributed by atoms with van der Waals surface area (Å²) in [4.78, 5) is 46.8. The van der Waals surface area contributed by atoms with E-state index in [-0.39, 0.29) is 37.1 Å². The number of carbonyl (C=O) groups excluding carboxylic acids is 2. The zero-order valence-electron chi connectivity index (χ0n) is 19.4. The smallest absolute Gasteiger partial charge is 0.338 e. The van der Waals surface area contributed by atoms with Gasteiger partial charge in [-0.15, -0.1) is 0 Å². The van der Waals surface area contributed by atoms with Crippen molar-refractivity contribution in [2.24, 2.45) is 11.8 Å². The first-order valence-electron chi connectivity index (χ1n) is 11.1. The van der Waals surface area contributed by atoms with Gasteiger partial charge in [-0.3, -0.25) is 4.90 Å². The first-order valence-corrected chi connectivity index (χ1v) is 11.1. The van der Waals surface area contributed by atoms with Crippen LogP contribution < -0.4 is 0 Å². The summed E-state index contributed by atoms with van der Waals surface area (Å²) in [6, 6.07) is 0.113. The monoisotopic (exact) mass is 487 g/mol. The SMILES string of the molecule is C/C=C1\CC(C)C(C)(O)C(=O)OCC2CCN3CCC(OC1=O)C23.O=C(O)C(O)C(O)C(=O)O. The Kier molecular flexibility index (Phi) is 9.17. The van der Waals surface area contributed by atoms with Gasteiger partial charge in [0.25, 0.3) is 0 Å². The third-order valence-corrected chi connectivity index (χ3v) is 6.78. The van der Waals surface area contributed by atoms with Crippen LogP contribution in [0.5, 0.6) is 0 Å². The third-order valence-electron chi connectivity index (χ3n) is 6.78. The molecule has 3 aliphatic heterocycles. The molecule has 3 rings (SSSR count). The summed E-state index contributed by atoms with van der Waals surface area (Å²) in [6.45, 7) is 7.11. The normalized spacial score (nSPS) is 34.9. The molecule has 0 spiro atoms. The van der Waals surface area contributed by atoms with Crippen LogP contribution in [0.3, 0.4) is 0 Å². The standard InChI is InChI=1S/C18H27NO5.C4H6O6/c1-4-12-9-11(2)18(3,22)17(21)23-10-13-5-7-19-8-6-14(15(13)19)24-16(12)20;5-1(3(7)8)2(6)4(9)10/h4,11,13-15,22H,5-10H2,1-3H3;1-2,5-6H,(H,7,8)(H,9,10)/b12-4+;. The summed E-state index contributed by atoms with van der Waals surface area (Å²) in [5.41, 5.74) is -1.12. The van der Waals surface area contributed by atoms with E-state index < -0.39 is 41.6 Å². The van der Waals surface area contributed by atoms with Gasteiger partial charge in [-0.05, 0) is 45.6 Å². The van der Waals surface area contributed by atoms with Gasteiger partial charge in [0.15, 0.2) is 17.8 Å². The molecule has 3 saturated heterocycles. The molecule has 34 heavy (non-hydrogen) atoms. The molecule has 12 heteroatoms. The summed E-state index contributed by atoms with van der Waals surface area (Å²) >= 11 is 0. The van der Waals surface area contributed by atoms with E-state index in [1.54, 1.807) is 19.9 Å². The van der Waals surface area contributed by atoms with E-state index in [9.17, 15) is 24.3 Å². The second-order valence-electron chi connectivity index (χ2n) is 9.04.